The van der Waals surface area contributed by atoms with Gasteiger partial charge in [-0.15, -0.1) is 0 Å². The average molecular weight is 889 g/mol. The largest absolute Gasteiger partial charge is 0.351 e. The first kappa shape index (κ1) is 43.1. The van der Waals surface area contributed by atoms with Gasteiger partial charge in [-0.05, 0) is 170 Å². The molecule has 9 aromatic carbocycles. The Morgan fingerprint density at radius 2 is 1.07 bits per heavy atom. The fourth-order valence-electron chi connectivity index (χ4n) is 10.5. The Morgan fingerprint density at radius 1 is 0.522 bits per heavy atom. The highest BCUT2D eigenvalue weighted by molar-refractivity contribution is 6.16. The monoisotopic (exact) mass is 888 g/mol. The maximum absolute atomic E-state index is 14.6. The van der Waals surface area contributed by atoms with Crippen LogP contribution in [-0.4, -0.2) is 17.4 Å². The Labute approximate surface area is 405 Å². The molecule has 0 unspecified atom stereocenters. The van der Waals surface area contributed by atoms with Gasteiger partial charge >= 0.3 is 0 Å². The van der Waals surface area contributed by atoms with Crippen LogP contribution in [0.2, 0.25) is 0 Å². The topological polar surface area (TPSA) is 25.2 Å². The lowest BCUT2D eigenvalue weighted by Crippen LogP contribution is -2.14. The second-order valence-corrected chi connectivity index (χ2v) is 18.8. The van der Waals surface area contributed by atoms with Crippen LogP contribution in [-0.2, 0) is 5.41 Å². The molecule has 1 heterocycles. The van der Waals surface area contributed by atoms with Crippen molar-refractivity contribution in [1.29, 1.82) is 0 Å². The molecule has 3 nitrogen and oxygen atoms in total. The van der Waals surface area contributed by atoms with Crippen molar-refractivity contribution in [1.82, 2.24) is 4.57 Å². The minimum atomic E-state index is -0.189. The van der Waals surface area contributed by atoms with Crippen LogP contribution in [0.25, 0.3) is 88.7 Å². The molecule has 0 N–H and O–H groups in total. The summed E-state index contributed by atoms with van der Waals surface area (Å²) in [4.78, 5) is 16.6. The van der Waals surface area contributed by atoms with E-state index >= 15 is 0 Å². The number of nitrogens with zero attached hydrogens (tertiary/aromatic N) is 2. The van der Waals surface area contributed by atoms with Crippen molar-refractivity contribution in [3.05, 3.63) is 260 Å². The van der Waals surface area contributed by atoms with Crippen molar-refractivity contribution in [2.75, 3.05) is 11.9 Å². The number of rotatable bonds is 11. The number of allylic oxidation sites excluding steroid dienone is 3. The van der Waals surface area contributed by atoms with Crippen LogP contribution in [0.15, 0.2) is 232 Å². The van der Waals surface area contributed by atoms with E-state index in [1.807, 2.05) is 55.4 Å². The molecule has 0 atom stereocenters. The predicted octanol–water partition coefficient (Wildman–Crippen LogP) is 17.2. The number of carbonyl (C=O) groups excluding carboxylic acids is 1. The number of aromatic nitrogens is 1. The van der Waals surface area contributed by atoms with Gasteiger partial charge in [-0.3, -0.25) is 4.79 Å². The fraction of sp³-hybridized carbons (Fsp3) is 0.0758. The van der Waals surface area contributed by atoms with Crippen molar-refractivity contribution >= 4 is 38.8 Å². The maximum atomic E-state index is 14.6. The van der Waals surface area contributed by atoms with E-state index in [4.69, 9.17) is 0 Å². The molecule has 0 amide bonds. The molecule has 69 heavy (non-hydrogen) atoms. The number of fused-ring (bicyclic) bond motifs is 6. The quantitative estimate of drug-likeness (QED) is 0.0955. The fourth-order valence-corrected chi connectivity index (χ4v) is 10.5. The molecule has 0 saturated heterocycles. The van der Waals surface area contributed by atoms with Crippen molar-refractivity contribution in [2.45, 2.75) is 26.2 Å². The zero-order valence-electron chi connectivity index (χ0n) is 39.5. The van der Waals surface area contributed by atoms with E-state index < -0.39 is 0 Å². The van der Waals surface area contributed by atoms with Gasteiger partial charge in [0.2, 0.25) is 0 Å². The summed E-state index contributed by atoms with van der Waals surface area (Å²) in [6, 6.07) is 71.6. The molecule has 10 aromatic rings. The van der Waals surface area contributed by atoms with Gasteiger partial charge in [0.1, 0.15) is 0 Å². The van der Waals surface area contributed by atoms with Gasteiger partial charge in [-0.2, -0.15) is 0 Å². The third-order valence-electron chi connectivity index (χ3n) is 14.1. The second-order valence-electron chi connectivity index (χ2n) is 18.8. The molecular weight excluding hydrogens is 837 g/mol. The SMILES string of the molecule is C=CC=CN(C)c1ccc(C(=O)c2ccc3c(c2)c2cc4c(cc2n3-c2cccc(-c3cccc(-c5cc(-c6ccccc6)cc(-c6ccccc6)c5)c3)c2)C(C)(C)c2ccccc2-4)cc1C(=C)C. The third kappa shape index (κ3) is 7.63. The summed E-state index contributed by atoms with van der Waals surface area (Å²) in [5.74, 6) is -0.0316. The van der Waals surface area contributed by atoms with E-state index in [-0.39, 0.29) is 11.2 Å². The standard InChI is InChI=1S/C66H52N2O/c1-7-8-33-67(6)62-31-29-49(39-56(62)43(2)3)65(69)50-30-32-63-58(40-50)59-41-57-55-27-15-16-28-60(55)66(4,5)61(57)42-64(59)68(63)54-26-18-25-48(38-54)46-23-17-24-47(34-46)53-36-51(44-19-11-9-12-20-44)35-52(37-53)45-21-13-10-14-22-45/h7-42H,1-2H2,3-6H3. The first-order valence-electron chi connectivity index (χ1n) is 23.6. The Morgan fingerprint density at radius 3 is 1.75 bits per heavy atom. The van der Waals surface area contributed by atoms with Crippen LogP contribution in [0.5, 0.6) is 0 Å². The molecule has 0 radical (unpaired) electrons. The summed E-state index contributed by atoms with van der Waals surface area (Å²) in [5, 5.41) is 2.14. The maximum Gasteiger partial charge on any atom is 0.193 e. The third-order valence-corrected chi connectivity index (χ3v) is 14.1. The Balaban J connectivity index is 1.05. The lowest BCUT2D eigenvalue weighted by Gasteiger charge is -2.21. The molecular formula is C66H52N2O. The molecule has 0 saturated carbocycles. The van der Waals surface area contributed by atoms with Crippen molar-refractivity contribution in [3.8, 4) is 61.3 Å². The first-order valence-corrected chi connectivity index (χ1v) is 23.6. The second kappa shape index (κ2) is 17.3. The number of hydrogen-bond acceptors (Lipinski definition) is 2. The summed E-state index contributed by atoms with van der Waals surface area (Å²) in [7, 11) is 1.99. The number of anilines is 1. The Hall–Kier alpha value is -8.53. The molecule has 0 fully saturated rings. The summed E-state index contributed by atoms with van der Waals surface area (Å²) in [5.41, 5.74) is 21.5. The van der Waals surface area contributed by atoms with Crippen molar-refractivity contribution in [2.24, 2.45) is 0 Å². The zero-order chi connectivity index (χ0) is 47.4. The van der Waals surface area contributed by atoms with Crippen LogP contribution < -0.4 is 4.90 Å². The molecule has 3 heteroatoms. The lowest BCUT2D eigenvalue weighted by molar-refractivity contribution is 0.103. The highest BCUT2D eigenvalue weighted by atomic mass is 16.1. The summed E-state index contributed by atoms with van der Waals surface area (Å²) < 4.78 is 2.39. The molecule has 1 aliphatic rings. The van der Waals surface area contributed by atoms with E-state index in [0.717, 1.165) is 61.0 Å². The average Bonchev–Trinajstić information content (AvgIpc) is 3.83. The highest BCUT2D eigenvalue weighted by Crippen LogP contribution is 2.51. The van der Waals surface area contributed by atoms with Crippen LogP contribution in [0.1, 0.15) is 53.4 Å². The molecule has 0 spiro atoms. The number of carbonyl (C=O) groups is 1. The Kier molecular flexibility index (Phi) is 10.8. The highest BCUT2D eigenvalue weighted by Gasteiger charge is 2.36. The van der Waals surface area contributed by atoms with Crippen LogP contribution in [0.4, 0.5) is 5.69 Å². The number of hydrogen-bond donors (Lipinski definition) is 0. The van der Waals surface area contributed by atoms with Gasteiger partial charge in [-0.1, -0.05) is 148 Å². The van der Waals surface area contributed by atoms with E-state index in [1.54, 1.807) is 6.08 Å². The van der Waals surface area contributed by atoms with E-state index in [0.29, 0.717) is 11.1 Å². The Bertz CT molecular complexity index is 3660. The van der Waals surface area contributed by atoms with Gasteiger partial charge < -0.3 is 9.47 Å². The number of ketones is 1. The summed E-state index contributed by atoms with van der Waals surface area (Å²) >= 11 is 0. The van der Waals surface area contributed by atoms with Gasteiger partial charge in [0.05, 0.1) is 11.0 Å². The van der Waals surface area contributed by atoms with Gasteiger partial charge in [0.15, 0.2) is 5.78 Å². The van der Waals surface area contributed by atoms with Gasteiger partial charge in [0.25, 0.3) is 0 Å². The number of benzene rings is 9. The van der Waals surface area contributed by atoms with E-state index in [2.05, 4.69) is 207 Å². The van der Waals surface area contributed by atoms with Crippen LogP contribution in [0, 0.1) is 0 Å². The normalized spacial score (nSPS) is 12.6. The molecule has 0 aliphatic heterocycles. The van der Waals surface area contributed by atoms with E-state index in [9.17, 15) is 4.79 Å². The van der Waals surface area contributed by atoms with Crippen LogP contribution in [0.3, 0.4) is 0 Å². The van der Waals surface area contributed by atoms with Crippen LogP contribution >= 0.6 is 0 Å². The zero-order valence-corrected chi connectivity index (χ0v) is 39.5. The minimum absolute atomic E-state index is 0.0316. The molecule has 0 bridgehead atoms. The van der Waals surface area contributed by atoms with Crippen molar-refractivity contribution in [3.63, 3.8) is 0 Å². The smallest absolute Gasteiger partial charge is 0.193 e. The lowest BCUT2D eigenvalue weighted by atomic mass is 9.82. The predicted molar refractivity (Wildman–Crippen MR) is 292 cm³/mol. The molecule has 11 rings (SSSR count). The molecule has 1 aromatic heterocycles. The molecule has 332 valence electrons. The van der Waals surface area contributed by atoms with E-state index in [1.165, 1.54) is 50.1 Å². The van der Waals surface area contributed by atoms with Crippen molar-refractivity contribution < 1.29 is 4.79 Å². The minimum Gasteiger partial charge on any atom is -0.351 e. The summed E-state index contributed by atoms with van der Waals surface area (Å²) in [6.07, 6.45) is 5.60. The molecule has 1 aliphatic carbocycles. The van der Waals surface area contributed by atoms with Gasteiger partial charge in [-0.25, -0.2) is 0 Å². The van der Waals surface area contributed by atoms with Gasteiger partial charge in [0, 0.05) is 57.5 Å². The first-order chi connectivity index (χ1) is 33.6. The summed E-state index contributed by atoms with van der Waals surface area (Å²) in [6.45, 7) is 14.7.